The van der Waals surface area contributed by atoms with Crippen molar-refractivity contribution >= 4 is 34.8 Å². The minimum Gasteiger partial charge on any atom is -0.506 e. The first-order chi connectivity index (χ1) is 9.06. The van der Waals surface area contributed by atoms with Gasteiger partial charge in [0, 0.05) is 10.0 Å². The lowest BCUT2D eigenvalue weighted by molar-refractivity contribution is -0.115. The van der Waals surface area contributed by atoms with Crippen molar-refractivity contribution in [2.45, 2.75) is 6.42 Å². The van der Waals surface area contributed by atoms with Gasteiger partial charge in [-0.15, -0.1) is 0 Å². The molecule has 5 heteroatoms. The molecule has 0 aliphatic heterocycles. The molecule has 0 heterocycles. The van der Waals surface area contributed by atoms with Crippen LogP contribution in [0, 0.1) is 0 Å². The SMILES string of the molecule is O=C(Cc1ccc(Cl)cc1Cl)Nc1ccccc1O. The number of carbonyl (C=O) groups is 1. The number of hydrogen-bond acceptors (Lipinski definition) is 2. The Bertz CT molecular complexity index is 614. The summed E-state index contributed by atoms with van der Waals surface area (Å²) in [6, 6.07) is 11.5. The third kappa shape index (κ3) is 3.63. The predicted molar refractivity (Wildman–Crippen MR) is 76.9 cm³/mol. The van der Waals surface area contributed by atoms with Crippen molar-refractivity contribution in [3.63, 3.8) is 0 Å². The van der Waals surface area contributed by atoms with Crippen LogP contribution in [-0.4, -0.2) is 11.0 Å². The van der Waals surface area contributed by atoms with Crippen molar-refractivity contribution in [3.8, 4) is 5.75 Å². The van der Waals surface area contributed by atoms with Crippen LogP contribution < -0.4 is 5.32 Å². The van der Waals surface area contributed by atoms with Crippen LogP contribution in [0.15, 0.2) is 42.5 Å². The lowest BCUT2D eigenvalue weighted by Crippen LogP contribution is -2.14. The van der Waals surface area contributed by atoms with Gasteiger partial charge in [-0.25, -0.2) is 0 Å². The maximum absolute atomic E-state index is 11.9. The number of carbonyl (C=O) groups excluding carboxylic acids is 1. The first-order valence-corrected chi connectivity index (χ1v) is 6.33. The van der Waals surface area contributed by atoms with Crippen molar-refractivity contribution < 1.29 is 9.90 Å². The van der Waals surface area contributed by atoms with Gasteiger partial charge < -0.3 is 10.4 Å². The molecule has 98 valence electrons. The van der Waals surface area contributed by atoms with Gasteiger partial charge in [-0.05, 0) is 29.8 Å². The van der Waals surface area contributed by atoms with Crippen LogP contribution in [0.5, 0.6) is 5.75 Å². The van der Waals surface area contributed by atoms with E-state index in [9.17, 15) is 9.90 Å². The van der Waals surface area contributed by atoms with Gasteiger partial charge in [-0.3, -0.25) is 4.79 Å². The zero-order valence-electron chi connectivity index (χ0n) is 9.86. The highest BCUT2D eigenvalue weighted by Gasteiger charge is 2.09. The molecule has 0 aliphatic rings. The highest BCUT2D eigenvalue weighted by molar-refractivity contribution is 6.35. The first-order valence-electron chi connectivity index (χ1n) is 5.58. The Kier molecular flexibility index (Phi) is 4.30. The molecule has 0 saturated carbocycles. The molecule has 0 fully saturated rings. The maximum atomic E-state index is 11.9. The minimum atomic E-state index is -0.259. The molecule has 0 spiro atoms. The molecular formula is C14H11Cl2NO2. The van der Waals surface area contributed by atoms with Crippen LogP contribution in [-0.2, 0) is 11.2 Å². The van der Waals surface area contributed by atoms with E-state index in [-0.39, 0.29) is 18.1 Å². The van der Waals surface area contributed by atoms with Gasteiger partial charge in [-0.1, -0.05) is 41.4 Å². The average Bonchev–Trinajstić information content (AvgIpc) is 2.36. The van der Waals surface area contributed by atoms with Crippen molar-refractivity contribution in [3.05, 3.63) is 58.1 Å². The molecule has 2 aromatic carbocycles. The number of halogens is 2. The van der Waals surface area contributed by atoms with Crippen molar-refractivity contribution in [1.29, 1.82) is 0 Å². The average molecular weight is 296 g/mol. The number of hydrogen-bond donors (Lipinski definition) is 2. The van der Waals surface area contributed by atoms with E-state index in [1.807, 2.05) is 0 Å². The van der Waals surface area contributed by atoms with Gasteiger partial charge >= 0.3 is 0 Å². The van der Waals surface area contributed by atoms with Crippen LogP contribution in [0.25, 0.3) is 0 Å². The fourth-order valence-corrected chi connectivity index (χ4v) is 2.09. The summed E-state index contributed by atoms with van der Waals surface area (Å²) < 4.78 is 0. The van der Waals surface area contributed by atoms with Gasteiger partial charge in [0.05, 0.1) is 12.1 Å². The predicted octanol–water partition coefficient (Wildman–Crippen LogP) is 3.88. The molecule has 0 unspecified atom stereocenters. The largest absolute Gasteiger partial charge is 0.506 e. The van der Waals surface area contributed by atoms with E-state index >= 15 is 0 Å². The Morgan fingerprint density at radius 2 is 1.89 bits per heavy atom. The second-order valence-electron chi connectivity index (χ2n) is 3.98. The number of phenolic OH excluding ortho intramolecular Hbond substituents is 1. The van der Waals surface area contributed by atoms with Gasteiger partial charge in [-0.2, -0.15) is 0 Å². The lowest BCUT2D eigenvalue weighted by Gasteiger charge is -2.08. The molecule has 0 radical (unpaired) electrons. The molecule has 0 aromatic heterocycles. The van der Waals surface area contributed by atoms with E-state index in [0.717, 1.165) is 0 Å². The van der Waals surface area contributed by atoms with E-state index in [2.05, 4.69) is 5.32 Å². The third-order valence-electron chi connectivity index (χ3n) is 2.54. The Morgan fingerprint density at radius 3 is 2.58 bits per heavy atom. The van der Waals surface area contributed by atoms with Crippen LogP contribution in [0.2, 0.25) is 10.0 Å². The molecule has 19 heavy (non-hydrogen) atoms. The summed E-state index contributed by atoms with van der Waals surface area (Å²) in [5.41, 5.74) is 1.05. The Hall–Kier alpha value is -1.71. The van der Waals surface area contributed by atoms with E-state index in [1.165, 1.54) is 6.07 Å². The fourth-order valence-electron chi connectivity index (χ4n) is 1.61. The molecule has 2 rings (SSSR count). The van der Waals surface area contributed by atoms with Gasteiger partial charge in [0.2, 0.25) is 5.91 Å². The zero-order chi connectivity index (χ0) is 13.8. The summed E-state index contributed by atoms with van der Waals surface area (Å²) in [4.78, 5) is 11.9. The number of amides is 1. The first kappa shape index (κ1) is 13.7. The van der Waals surface area contributed by atoms with Crippen molar-refractivity contribution in [2.75, 3.05) is 5.32 Å². The maximum Gasteiger partial charge on any atom is 0.228 e. The number of nitrogens with one attached hydrogen (secondary N) is 1. The monoisotopic (exact) mass is 295 g/mol. The van der Waals surface area contributed by atoms with Gasteiger partial charge in [0.15, 0.2) is 0 Å². The number of phenols is 1. The molecule has 1 amide bonds. The summed E-state index contributed by atoms with van der Waals surface area (Å²) >= 11 is 11.8. The Morgan fingerprint density at radius 1 is 1.16 bits per heavy atom. The highest BCUT2D eigenvalue weighted by atomic mass is 35.5. The minimum absolute atomic E-state index is 0.0260. The van der Waals surface area contributed by atoms with Gasteiger partial charge in [0.25, 0.3) is 0 Å². The number of benzene rings is 2. The summed E-state index contributed by atoms with van der Waals surface area (Å²) in [5.74, 6) is -0.233. The van der Waals surface area contributed by atoms with Crippen LogP contribution >= 0.6 is 23.2 Å². The van der Waals surface area contributed by atoms with Gasteiger partial charge in [0.1, 0.15) is 5.75 Å². The smallest absolute Gasteiger partial charge is 0.228 e. The lowest BCUT2D eigenvalue weighted by atomic mass is 10.1. The summed E-state index contributed by atoms with van der Waals surface area (Å²) in [6.45, 7) is 0. The number of rotatable bonds is 3. The Balaban J connectivity index is 2.08. The summed E-state index contributed by atoms with van der Waals surface area (Å²) in [5, 5.41) is 13.1. The van der Waals surface area contributed by atoms with E-state index in [1.54, 1.807) is 36.4 Å². The highest BCUT2D eigenvalue weighted by Crippen LogP contribution is 2.24. The molecule has 3 nitrogen and oxygen atoms in total. The second-order valence-corrected chi connectivity index (χ2v) is 4.82. The third-order valence-corrected chi connectivity index (χ3v) is 3.13. The molecule has 2 aromatic rings. The molecule has 0 aliphatic carbocycles. The quantitative estimate of drug-likeness (QED) is 0.844. The summed E-state index contributed by atoms with van der Waals surface area (Å²) in [6.07, 6.45) is 0.115. The zero-order valence-corrected chi connectivity index (χ0v) is 11.4. The number of aromatic hydroxyl groups is 1. The van der Waals surface area contributed by atoms with Crippen LogP contribution in [0.1, 0.15) is 5.56 Å². The van der Waals surface area contributed by atoms with Crippen LogP contribution in [0.4, 0.5) is 5.69 Å². The summed E-state index contributed by atoms with van der Waals surface area (Å²) in [7, 11) is 0. The molecule has 0 atom stereocenters. The molecule has 0 saturated heterocycles. The normalized spacial score (nSPS) is 10.2. The topological polar surface area (TPSA) is 49.3 Å². The fraction of sp³-hybridized carbons (Fsp3) is 0.0714. The Labute approximate surface area is 120 Å². The second kappa shape index (κ2) is 5.95. The van der Waals surface area contributed by atoms with Crippen LogP contribution in [0.3, 0.4) is 0 Å². The molecule has 0 bridgehead atoms. The molecular weight excluding hydrogens is 285 g/mol. The standard InChI is InChI=1S/C14H11Cl2NO2/c15-10-6-5-9(11(16)8-10)7-14(19)17-12-3-1-2-4-13(12)18/h1-6,8,18H,7H2,(H,17,19). The van der Waals surface area contributed by atoms with E-state index in [4.69, 9.17) is 23.2 Å². The van der Waals surface area contributed by atoms with Crippen molar-refractivity contribution in [1.82, 2.24) is 0 Å². The number of para-hydroxylation sites is 2. The van der Waals surface area contributed by atoms with E-state index < -0.39 is 0 Å². The number of anilines is 1. The molecule has 2 N–H and O–H groups in total. The van der Waals surface area contributed by atoms with E-state index in [0.29, 0.717) is 21.3 Å². The van der Waals surface area contributed by atoms with Crippen molar-refractivity contribution in [2.24, 2.45) is 0 Å².